The number of hydrogen-bond acceptors (Lipinski definition) is 12. The molecule has 12 heteroatoms. The van der Waals surface area contributed by atoms with Crippen molar-refractivity contribution < 1.29 is 57.9 Å². The zero-order chi connectivity index (χ0) is 22.5. The summed E-state index contributed by atoms with van der Waals surface area (Å²) >= 11 is 0. The number of ether oxygens (including phenoxy) is 5. The predicted molar refractivity (Wildman–Crippen MR) is 89.8 cm³/mol. The minimum absolute atomic E-state index is 0.901. The molecule has 29 heavy (non-hydrogen) atoms. The number of rotatable bonds is 6. The fourth-order valence-corrected chi connectivity index (χ4v) is 3.10. The SMILES string of the molecule is CC(=O)OC1C(OC(C)=O)C(OC(C)=O)C(O)(CO)[C@@H](OC(C)=O)C1OC(C)=O. The van der Waals surface area contributed by atoms with E-state index in [-0.39, 0.29) is 0 Å². The molecule has 0 radical (unpaired) electrons. The molecule has 164 valence electrons. The molecule has 0 saturated heterocycles. The molecule has 1 aliphatic rings. The summed E-state index contributed by atoms with van der Waals surface area (Å²) in [5, 5.41) is 21.0. The number of hydrogen-bond donors (Lipinski definition) is 2. The highest BCUT2D eigenvalue weighted by atomic mass is 16.7. The van der Waals surface area contributed by atoms with Crippen LogP contribution in [0.1, 0.15) is 34.6 Å². The molecule has 1 rings (SSSR count). The maximum Gasteiger partial charge on any atom is 0.303 e. The van der Waals surface area contributed by atoms with Crippen LogP contribution in [0.2, 0.25) is 0 Å². The lowest BCUT2D eigenvalue weighted by Crippen LogP contribution is -2.75. The monoisotopic (exact) mass is 420 g/mol. The number of aliphatic hydroxyl groups excluding tert-OH is 1. The first-order valence-corrected chi connectivity index (χ1v) is 8.52. The van der Waals surface area contributed by atoms with Gasteiger partial charge < -0.3 is 33.9 Å². The zero-order valence-corrected chi connectivity index (χ0v) is 16.6. The van der Waals surface area contributed by atoms with Crippen LogP contribution in [-0.2, 0) is 47.7 Å². The Kier molecular flexibility index (Phi) is 8.09. The van der Waals surface area contributed by atoms with E-state index >= 15 is 0 Å². The van der Waals surface area contributed by atoms with Crippen molar-refractivity contribution in [3.63, 3.8) is 0 Å². The Hall–Kier alpha value is -2.73. The lowest BCUT2D eigenvalue weighted by molar-refractivity contribution is -0.292. The van der Waals surface area contributed by atoms with Gasteiger partial charge in [0.15, 0.2) is 36.1 Å². The predicted octanol–water partition coefficient (Wildman–Crippen LogP) is -1.62. The van der Waals surface area contributed by atoms with Crippen molar-refractivity contribution in [1.29, 1.82) is 0 Å². The van der Waals surface area contributed by atoms with Gasteiger partial charge in [-0.3, -0.25) is 24.0 Å². The van der Waals surface area contributed by atoms with Crippen molar-refractivity contribution in [2.45, 2.75) is 70.7 Å². The van der Waals surface area contributed by atoms with E-state index in [0.29, 0.717) is 0 Å². The van der Waals surface area contributed by atoms with Crippen molar-refractivity contribution in [1.82, 2.24) is 0 Å². The van der Waals surface area contributed by atoms with E-state index in [1.54, 1.807) is 0 Å². The average Bonchev–Trinajstić information content (AvgIpc) is 2.56. The topological polar surface area (TPSA) is 172 Å². The van der Waals surface area contributed by atoms with Crippen molar-refractivity contribution in [3.8, 4) is 0 Å². The molecule has 0 spiro atoms. The van der Waals surface area contributed by atoms with Crippen LogP contribution in [0.25, 0.3) is 0 Å². The van der Waals surface area contributed by atoms with E-state index in [1.165, 1.54) is 0 Å². The van der Waals surface area contributed by atoms with Gasteiger partial charge in [0, 0.05) is 34.6 Å². The Morgan fingerprint density at radius 1 is 0.621 bits per heavy atom. The first-order chi connectivity index (χ1) is 13.3. The molecule has 1 fully saturated rings. The summed E-state index contributed by atoms with van der Waals surface area (Å²) in [6, 6.07) is 0. The van der Waals surface area contributed by atoms with Gasteiger partial charge in [-0.15, -0.1) is 0 Å². The minimum atomic E-state index is -2.58. The van der Waals surface area contributed by atoms with Gasteiger partial charge in [0.25, 0.3) is 0 Å². The lowest BCUT2D eigenvalue weighted by atomic mass is 9.74. The summed E-state index contributed by atoms with van der Waals surface area (Å²) in [6.45, 7) is 3.78. The average molecular weight is 420 g/mol. The second-order valence-corrected chi connectivity index (χ2v) is 6.43. The summed E-state index contributed by atoms with van der Waals surface area (Å²) in [4.78, 5) is 58.1. The standard InChI is InChI=1S/C17H24O12/c1-7(19)25-12-13(26-8(2)20)15(28-10(4)22)17(24,6-18)16(29-11(5)23)14(12)27-9(3)21/h12-16,18,24H,6H2,1-5H3/t12?,13?,14?,15-,16?,17?/m0/s1. The van der Waals surface area contributed by atoms with Gasteiger partial charge in [-0.25, -0.2) is 0 Å². The largest absolute Gasteiger partial charge is 0.455 e. The third-order valence-electron chi connectivity index (χ3n) is 3.98. The molecule has 0 aromatic carbocycles. The molecule has 12 nitrogen and oxygen atoms in total. The third-order valence-corrected chi connectivity index (χ3v) is 3.98. The van der Waals surface area contributed by atoms with Crippen LogP contribution in [0.15, 0.2) is 0 Å². The van der Waals surface area contributed by atoms with Crippen LogP contribution in [0.4, 0.5) is 0 Å². The van der Waals surface area contributed by atoms with Crippen LogP contribution < -0.4 is 0 Å². The molecule has 0 heterocycles. The normalized spacial score (nSPS) is 31.2. The second-order valence-electron chi connectivity index (χ2n) is 6.43. The lowest BCUT2D eigenvalue weighted by Gasteiger charge is -2.51. The molecule has 0 bridgehead atoms. The summed E-state index contributed by atoms with van der Waals surface area (Å²) in [6.07, 6.45) is -8.72. The van der Waals surface area contributed by atoms with Crippen LogP contribution in [-0.4, -0.2) is 82.8 Å². The van der Waals surface area contributed by atoms with E-state index in [1.807, 2.05) is 0 Å². The van der Waals surface area contributed by atoms with E-state index in [4.69, 9.17) is 23.7 Å². The fourth-order valence-electron chi connectivity index (χ4n) is 3.10. The van der Waals surface area contributed by atoms with Crippen molar-refractivity contribution in [3.05, 3.63) is 0 Å². The Labute approximate surface area is 166 Å². The zero-order valence-electron chi connectivity index (χ0n) is 16.6. The molecule has 0 aromatic rings. The molecule has 6 atom stereocenters. The highest BCUT2D eigenvalue weighted by Crippen LogP contribution is 2.39. The first kappa shape index (κ1) is 24.3. The van der Waals surface area contributed by atoms with Gasteiger partial charge in [-0.05, 0) is 0 Å². The fraction of sp³-hybridized carbons (Fsp3) is 0.706. The molecule has 0 amide bonds. The van der Waals surface area contributed by atoms with Gasteiger partial charge >= 0.3 is 29.8 Å². The summed E-state index contributed by atoms with van der Waals surface area (Å²) in [5.41, 5.74) is -2.58. The van der Waals surface area contributed by atoms with Crippen molar-refractivity contribution >= 4 is 29.8 Å². The number of esters is 5. The Morgan fingerprint density at radius 2 is 0.897 bits per heavy atom. The van der Waals surface area contributed by atoms with Gasteiger partial charge in [0.05, 0.1) is 6.61 Å². The Bertz CT molecular complexity index is 627. The smallest absolute Gasteiger partial charge is 0.303 e. The van der Waals surface area contributed by atoms with Crippen molar-refractivity contribution in [2.24, 2.45) is 0 Å². The number of carbonyl (C=O) groups excluding carboxylic acids is 5. The maximum atomic E-state index is 11.6. The number of aliphatic hydroxyl groups is 2. The Balaban J connectivity index is 3.69. The highest BCUT2D eigenvalue weighted by Gasteiger charge is 2.66. The molecule has 5 unspecified atom stereocenters. The summed E-state index contributed by atoms with van der Waals surface area (Å²) in [7, 11) is 0. The van der Waals surface area contributed by atoms with E-state index in [9.17, 15) is 34.2 Å². The maximum absolute atomic E-state index is 11.6. The van der Waals surface area contributed by atoms with Gasteiger partial charge in [-0.1, -0.05) is 0 Å². The molecule has 0 aromatic heterocycles. The van der Waals surface area contributed by atoms with Crippen molar-refractivity contribution in [2.75, 3.05) is 6.61 Å². The first-order valence-electron chi connectivity index (χ1n) is 8.52. The third kappa shape index (κ3) is 5.87. The molecular weight excluding hydrogens is 396 g/mol. The summed E-state index contributed by atoms with van der Waals surface area (Å²) in [5.74, 6) is -4.64. The van der Waals surface area contributed by atoms with Crippen LogP contribution in [0, 0.1) is 0 Å². The van der Waals surface area contributed by atoms with Crippen LogP contribution >= 0.6 is 0 Å². The van der Waals surface area contributed by atoms with E-state index in [2.05, 4.69) is 0 Å². The summed E-state index contributed by atoms with van der Waals surface area (Å²) < 4.78 is 25.4. The molecule has 1 saturated carbocycles. The van der Waals surface area contributed by atoms with Gasteiger partial charge in [-0.2, -0.15) is 0 Å². The molecule has 2 N–H and O–H groups in total. The van der Waals surface area contributed by atoms with Gasteiger partial charge in [0.2, 0.25) is 0 Å². The molecular formula is C17H24O12. The van der Waals surface area contributed by atoms with E-state index in [0.717, 1.165) is 34.6 Å². The Morgan fingerprint density at radius 3 is 1.14 bits per heavy atom. The molecule has 1 aliphatic carbocycles. The van der Waals surface area contributed by atoms with Crippen LogP contribution in [0.3, 0.4) is 0 Å². The highest BCUT2D eigenvalue weighted by molar-refractivity contribution is 5.70. The van der Waals surface area contributed by atoms with Crippen LogP contribution in [0.5, 0.6) is 0 Å². The van der Waals surface area contributed by atoms with E-state index < -0.39 is 72.6 Å². The van der Waals surface area contributed by atoms with Gasteiger partial charge in [0.1, 0.15) is 0 Å². The number of carbonyl (C=O) groups is 5. The minimum Gasteiger partial charge on any atom is -0.455 e. The quantitative estimate of drug-likeness (QED) is 0.372. The second kappa shape index (κ2) is 9.65. The molecule has 0 aliphatic heterocycles.